The molecule has 0 radical (unpaired) electrons. The van der Waals surface area contributed by atoms with E-state index in [4.69, 9.17) is 9.73 Å². The highest BCUT2D eigenvalue weighted by atomic mass is 127. The predicted octanol–water partition coefficient (Wildman–Crippen LogP) is 1.69. The van der Waals surface area contributed by atoms with E-state index in [0.717, 1.165) is 70.6 Å². The fourth-order valence-electron chi connectivity index (χ4n) is 3.30. The maximum absolute atomic E-state index is 12.4. The second kappa shape index (κ2) is 9.79. The highest BCUT2D eigenvalue weighted by molar-refractivity contribution is 14.0. The zero-order chi connectivity index (χ0) is 16.1. The minimum atomic E-state index is -0.193. The van der Waals surface area contributed by atoms with Gasteiger partial charge < -0.3 is 19.9 Å². The summed E-state index contributed by atoms with van der Waals surface area (Å²) in [7, 11) is 0. The summed E-state index contributed by atoms with van der Waals surface area (Å²) in [6, 6.07) is 0. The number of hydrogen-bond acceptors (Lipinski definition) is 3. The molecule has 2 heterocycles. The van der Waals surface area contributed by atoms with E-state index in [1.54, 1.807) is 0 Å². The van der Waals surface area contributed by atoms with Crippen molar-refractivity contribution in [3.8, 4) is 0 Å². The molecule has 2 aliphatic heterocycles. The lowest BCUT2D eigenvalue weighted by Crippen LogP contribution is -2.55. The Labute approximate surface area is 162 Å². The monoisotopic (exact) mass is 450 g/mol. The third-order valence-electron chi connectivity index (χ3n) is 4.93. The number of aliphatic imine (C=N–C) groups is 1. The number of amides is 1. The smallest absolute Gasteiger partial charge is 0.251 e. The summed E-state index contributed by atoms with van der Waals surface area (Å²) in [5.41, 5.74) is 0. The molecular formula is C17H31IN4O2. The molecule has 1 atom stereocenters. The number of halogens is 1. The number of hydrogen-bond donors (Lipinski definition) is 1. The Morgan fingerprint density at radius 1 is 1.17 bits per heavy atom. The summed E-state index contributed by atoms with van der Waals surface area (Å²) < 4.78 is 5.52. The van der Waals surface area contributed by atoms with Gasteiger partial charge in [0.1, 0.15) is 6.10 Å². The molecule has 0 aromatic heterocycles. The van der Waals surface area contributed by atoms with Crippen LogP contribution in [0.4, 0.5) is 0 Å². The van der Waals surface area contributed by atoms with Crippen LogP contribution in [0.2, 0.25) is 0 Å². The second-order valence-electron chi connectivity index (χ2n) is 6.78. The van der Waals surface area contributed by atoms with Crippen LogP contribution in [0.1, 0.15) is 39.0 Å². The van der Waals surface area contributed by atoms with Gasteiger partial charge in [-0.1, -0.05) is 12.8 Å². The van der Waals surface area contributed by atoms with Gasteiger partial charge in [-0.15, -0.1) is 24.0 Å². The minimum Gasteiger partial charge on any atom is -0.368 e. The molecule has 138 valence electrons. The van der Waals surface area contributed by atoms with Crippen LogP contribution in [0.25, 0.3) is 0 Å². The molecule has 1 aliphatic carbocycles. The average molecular weight is 450 g/mol. The van der Waals surface area contributed by atoms with Crippen LogP contribution in [-0.4, -0.2) is 73.6 Å². The number of nitrogens with zero attached hydrogens (tertiary/aromatic N) is 3. The van der Waals surface area contributed by atoms with Gasteiger partial charge in [-0.2, -0.15) is 0 Å². The Balaban J connectivity index is 0.00000208. The van der Waals surface area contributed by atoms with Crippen LogP contribution in [0.15, 0.2) is 4.99 Å². The lowest BCUT2D eigenvalue weighted by atomic mass is 10.2. The zero-order valence-corrected chi connectivity index (χ0v) is 17.0. The van der Waals surface area contributed by atoms with Gasteiger partial charge in [-0.05, 0) is 32.1 Å². The van der Waals surface area contributed by atoms with Crippen molar-refractivity contribution in [2.75, 3.05) is 45.9 Å². The van der Waals surface area contributed by atoms with Crippen molar-refractivity contribution in [3.63, 3.8) is 0 Å². The summed E-state index contributed by atoms with van der Waals surface area (Å²) in [5, 5.41) is 3.39. The molecule has 1 saturated carbocycles. The molecule has 0 aromatic carbocycles. The van der Waals surface area contributed by atoms with Crippen molar-refractivity contribution >= 4 is 35.8 Å². The molecule has 3 rings (SSSR count). The van der Waals surface area contributed by atoms with E-state index in [1.807, 2.05) is 4.90 Å². The fourth-order valence-corrected chi connectivity index (χ4v) is 3.30. The lowest BCUT2D eigenvalue weighted by molar-refractivity contribution is -0.142. The summed E-state index contributed by atoms with van der Waals surface area (Å²) in [5.74, 6) is 2.11. The molecule has 3 aliphatic rings. The van der Waals surface area contributed by atoms with Crippen molar-refractivity contribution in [1.29, 1.82) is 0 Å². The van der Waals surface area contributed by atoms with Crippen LogP contribution in [0.5, 0.6) is 0 Å². The first kappa shape index (κ1) is 19.8. The first-order chi connectivity index (χ1) is 11.3. The van der Waals surface area contributed by atoms with Crippen molar-refractivity contribution in [2.24, 2.45) is 10.9 Å². The number of piperazine rings is 1. The van der Waals surface area contributed by atoms with Crippen molar-refractivity contribution in [3.05, 3.63) is 0 Å². The predicted molar refractivity (Wildman–Crippen MR) is 106 cm³/mol. The molecule has 24 heavy (non-hydrogen) atoms. The normalized spacial score (nSPS) is 24.7. The van der Waals surface area contributed by atoms with Gasteiger partial charge in [0.15, 0.2) is 5.96 Å². The van der Waals surface area contributed by atoms with Crippen LogP contribution >= 0.6 is 24.0 Å². The van der Waals surface area contributed by atoms with E-state index in [-0.39, 0.29) is 36.0 Å². The van der Waals surface area contributed by atoms with Gasteiger partial charge in [-0.3, -0.25) is 9.79 Å². The van der Waals surface area contributed by atoms with Gasteiger partial charge >= 0.3 is 0 Å². The highest BCUT2D eigenvalue weighted by Gasteiger charge is 2.31. The SMILES string of the molecule is CCNC(=NCCC1CC1)N1CCN(C(=O)C2CCCO2)CC1.I. The van der Waals surface area contributed by atoms with Crippen LogP contribution < -0.4 is 5.32 Å². The maximum atomic E-state index is 12.4. The molecule has 0 spiro atoms. The van der Waals surface area contributed by atoms with Gasteiger partial charge in [0.2, 0.25) is 0 Å². The third kappa shape index (κ3) is 5.47. The van der Waals surface area contributed by atoms with E-state index in [0.29, 0.717) is 0 Å². The maximum Gasteiger partial charge on any atom is 0.251 e. The van der Waals surface area contributed by atoms with Crippen molar-refractivity contribution in [2.45, 2.75) is 45.1 Å². The van der Waals surface area contributed by atoms with Gasteiger partial charge in [0, 0.05) is 45.9 Å². The van der Waals surface area contributed by atoms with Crippen LogP contribution in [0.3, 0.4) is 0 Å². The molecule has 2 saturated heterocycles. The molecule has 7 heteroatoms. The van der Waals surface area contributed by atoms with E-state index in [2.05, 4.69) is 17.1 Å². The van der Waals surface area contributed by atoms with E-state index in [1.165, 1.54) is 19.3 Å². The second-order valence-corrected chi connectivity index (χ2v) is 6.78. The first-order valence-corrected chi connectivity index (χ1v) is 9.21. The molecule has 1 unspecified atom stereocenters. The van der Waals surface area contributed by atoms with Crippen molar-refractivity contribution in [1.82, 2.24) is 15.1 Å². The van der Waals surface area contributed by atoms with E-state index >= 15 is 0 Å². The average Bonchev–Trinajstić information content (AvgIpc) is 3.24. The summed E-state index contributed by atoms with van der Waals surface area (Å²) in [6.45, 7) is 7.89. The Bertz CT molecular complexity index is 428. The number of guanidine groups is 1. The lowest BCUT2D eigenvalue weighted by Gasteiger charge is -2.37. The van der Waals surface area contributed by atoms with Crippen LogP contribution in [-0.2, 0) is 9.53 Å². The molecule has 6 nitrogen and oxygen atoms in total. The van der Waals surface area contributed by atoms with Crippen molar-refractivity contribution < 1.29 is 9.53 Å². The number of carbonyl (C=O) groups is 1. The quantitative estimate of drug-likeness (QED) is 0.394. The largest absolute Gasteiger partial charge is 0.368 e. The zero-order valence-electron chi connectivity index (χ0n) is 14.7. The van der Waals surface area contributed by atoms with E-state index in [9.17, 15) is 4.79 Å². The topological polar surface area (TPSA) is 57.2 Å². The fraction of sp³-hybridized carbons (Fsp3) is 0.882. The number of rotatable bonds is 5. The third-order valence-corrected chi connectivity index (χ3v) is 4.93. The Kier molecular flexibility index (Phi) is 8.06. The Morgan fingerprint density at radius 2 is 1.88 bits per heavy atom. The van der Waals surface area contributed by atoms with Gasteiger partial charge in [-0.25, -0.2) is 0 Å². The summed E-state index contributed by atoms with van der Waals surface area (Å²) >= 11 is 0. The summed E-state index contributed by atoms with van der Waals surface area (Å²) in [4.78, 5) is 21.4. The van der Waals surface area contributed by atoms with Crippen LogP contribution in [0, 0.1) is 5.92 Å². The van der Waals surface area contributed by atoms with Gasteiger partial charge in [0.05, 0.1) is 0 Å². The van der Waals surface area contributed by atoms with E-state index < -0.39 is 0 Å². The van der Waals surface area contributed by atoms with Gasteiger partial charge in [0.25, 0.3) is 5.91 Å². The molecule has 1 N–H and O–H groups in total. The number of nitrogens with one attached hydrogen (secondary N) is 1. The molecular weight excluding hydrogens is 419 g/mol. The minimum absolute atomic E-state index is 0. The summed E-state index contributed by atoms with van der Waals surface area (Å²) in [6.07, 6.45) is 5.68. The molecule has 0 aromatic rings. The Morgan fingerprint density at radius 3 is 2.46 bits per heavy atom. The molecule has 1 amide bonds. The molecule has 0 bridgehead atoms. The Hall–Kier alpha value is -0.570. The number of carbonyl (C=O) groups excluding carboxylic acids is 1. The molecule has 3 fully saturated rings. The highest BCUT2D eigenvalue weighted by Crippen LogP contribution is 2.32. The number of ether oxygens (including phenoxy) is 1. The standard InChI is InChI=1S/C17H30N4O2.HI/c1-2-18-17(19-8-7-14-5-6-14)21-11-9-20(10-12-21)16(22)15-4-3-13-23-15;/h14-15H,2-13H2,1H3,(H,18,19);1H. The first-order valence-electron chi connectivity index (χ1n) is 9.21.